The first-order valence-electron chi connectivity index (χ1n) is 8.10. The van der Waals surface area contributed by atoms with Crippen molar-refractivity contribution in [3.05, 3.63) is 58.8 Å². The number of aromatic nitrogens is 4. The number of carbonyl (C=O) groups is 1. The zero-order valence-corrected chi connectivity index (χ0v) is 15.2. The van der Waals surface area contributed by atoms with Crippen LogP contribution in [0.3, 0.4) is 0 Å². The summed E-state index contributed by atoms with van der Waals surface area (Å²) in [6.45, 7) is 2.47. The maximum atomic E-state index is 12.1. The van der Waals surface area contributed by atoms with Crippen molar-refractivity contribution in [3.63, 3.8) is 0 Å². The van der Waals surface area contributed by atoms with Crippen molar-refractivity contribution in [1.29, 1.82) is 0 Å². The number of rotatable bonds is 7. The van der Waals surface area contributed by atoms with Crippen LogP contribution >= 0.6 is 11.8 Å². The normalized spacial score (nSPS) is 10.6. The Hall–Kier alpha value is -3.27. The third-order valence-electron chi connectivity index (χ3n) is 3.61. The number of hydrogen-bond donors (Lipinski definition) is 1. The summed E-state index contributed by atoms with van der Waals surface area (Å²) < 4.78 is 1.81. The van der Waals surface area contributed by atoms with Crippen molar-refractivity contribution in [3.8, 4) is 11.4 Å². The van der Waals surface area contributed by atoms with Gasteiger partial charge in [-0.2, -0.15) is 0 Å². The van der Waals surface area contributed by atoms with Crippen molar-refractivity contribution < 1.29 is 9.72 Å². The maximum Gasteiger partial charge on any atom is 0.364 e. The van der Waals surface area contributed by atoms with Crippen LogP contribution < -0.4 is 5.32 Å². The molecule has 138 valence electrons. The first-order chi connectivity index (χ1) is 13.1. The number of amides is 1. The van der Waals surface area contributed by atoms with Gasteiger partial charge in [0.2, 0.25) is 5.91 Å². The number of benzene rings is 1. The van der Waals surface area contributed by atoms with Crippen molar-refractivity contribution in [2.45, 2.75) is 18.6 Å². The lowest BCUT2D eigenvalue weighted by atomic mass is 10.2. The van der Waals surface area contributed by atoms with Crippen LogP contribution in [0.15, 0.2) is 53.8 Å². The summed E-state index contributed by atoms with van der Waals surface area (Å²) >= 11 is 1.25. The third-order valence-corrected chi connectivity index (χ3v) is 4.58. The second kappa shape index (κ2) is 8.41. The van der Waals surface area contributed by atoms with E-state index in [-0.39, 0.29) is 17.5 Å². The van der Waals surface area contributed by atoms with Crippen molar-refractivity contribution in [1.82, 2.24) is 19.7 Å². The van der Waals surface area contributed by atoms with E-state index >= 15 is 0 Å². The average Bonchev–Trinajstić information content (AvgIpc) is 3.10. The van der Waals surface area contributed by atoms with Crippen molar-refractivity contribution >= 4 is 29.2 Å². The molecule has 0 bridgehead atoms. The zero-order valence-electron chi connectivity index (χ0n) is 14.4. The molecule has 1 amide bonds. The zero-order chi connectivity index (χ0) is 19.2. The Labute approximate surface area is 159 Å². The van der Waals surface area contributed by atoms with Crippen LogP contribution in [0.2, 0.25) is 0 Å². The van der Waals surface area contributed by atoms with E-state index in [9.17, 15) is 14.9 Å². The Kier molecular flexibility index (Phi) is 5.77. The number of hydrogen-bond acceptors (Lipinski definition) is 7. The van der Waals surface area contributed by atoms with E-state index in [1.807, 2.05) is 37.3 Å². The van der Waals surface area contributed by atoms with Crippen LogP contribution in [0.4, 0.5) is 11.5 Å². The predicted molar refractivity (Wildman–Crippen MR) is 101 cm³/mol. The number of nitrogens with one attached hydrogen (secondary N) is 1. The molecule has 10 heteroatoms. The minimum Gasteiger partial charge on any atom is -0.358 e. The van der Waals surface area contributed by atoms with Gasteiger partial charge in [0, 0.05) is 23.9 Å². The molecule has 1 aromatic carbocycles. The molecule has 2 heterocycles. The fourth-order valence-electron chi connectivity index (χ4n) is 2.40. The first kappa shape index (κ1) is 18.5. The molecule has 0 aliphatic heterocycles. The summed E-state index contributed by atoms with van der Waals surface area (Å²) in [6, 6.07) is 12.2. The minimum atomic E-state index is -0.556. The Morgan fingerprint density at radius 3 is 2.74 bits per heavy atom. The first-order valence-corrected chi connectivity index (χ1v) is 9.08. The largest absolute Gasteiger partial charge is 0.364 e. The number of carbonyl (C=O) groups excluding carboxylic acids is 1. The number of nitro groups is 1. The minimum absolute atomic E-state index is 0.155. The molecule has 27 heavy (non-hydrogen) atoms. The van der Waals surface area contributed by atoms with Crippen LogP contribution in [-0.4, -0.2) is 36.3 Å². The summed E-state index contributed by atoms with van der Waals surface area (Å²) in [5.41, 5.74) is 1.27. The number of para-hydroxylation sites is 1. The van der Waals surface area contributed by atoms with Gasteiger partial charge in [-0.1, -0.05) is 30.0 Å². The van der Waals surface area contributed by atoms with E-state index in [0.717, 1.165) is 5.69 Å². The standard InChI is InChI=1S/C17H16N6O3S/c1-2-22-16(12-8-9-18-14(10-12)23(25)26)20-21-17(22)27-11-15(24)19-13-6-4-3-5-7-13/h3-10H,2,11H2,1H3,(H,19,24). The van der Waals surface area contributed by atoms with Gasteiger partial charge in [0.25, 0.3) is 0 Å². The molecule has 2 aromatic heterocycles. The van der Waals surface area contributed by atoms with E-state index in [1.54, 1.807) is 10.6 Å². The lowest BCUT2D eigenvalue weighted by Gasteiger charge is -2.07. The Morgan fingerprint density at radius 1 is 1.26 bits per heavy atom. The highest BCUT2D eigenvalue weighted by atomic mass is 32.2. The fourth-order valence-corrected chi connectivity index (χ4v) is 3.20. The number of pyridine rings is 1. The molecule has 0 atom stereocenters. The van der Waals surface area contributed by atoms with Crippen LogP contribution in [0.25, 0.3) is 11.4 Å². The van der Waals surface area contributed by atoms with Gasteiger partial charge in [0.15, 0.2) is 11.0 Å². The third kappa shape index (κ3) is 4.47. The van der Waals surface area contributed by atoms with E-state index in [0.29, 0.717) is 23.1 Å². The number of thioether (sulfide) groups is 1. The van der Waals surface area contributed by atoms with Crippen molar-refractivity contribution in [2.75, 3.05) is 11.1 Å². The second-order valence-electron chi connectivity index (χ2n) is 5.41. The van der Waals surface area contributed by atoms with Gasteiger partial charge in [0.05, 0.1) is 5.75 Å². The molecule has 0 saturated heterocycles. The van der Waals surface area contributed by atoms with Gasteiger partial charge in [0.1, 0.15) is 6.20 Å². The summed E-state index contributed by atoms with van der Waals surface area (Å²) in [5.74, 6) is 0.255. The molecule has 0 aliphatic rings. The lowest BCUT2D eigenvalue weighted by molar-refractivity contribution is -0.389. The summed E-state index contributed by atoms with van der Waals surface area (Å²) in [6.07, 6.45) is 1.36. The Bertz CT molecular complexity index is 960. The topological polar surface area (TPSA) is 116 Å². The molecule has 0 spiro atoms. The van der Waals surface area contributed by atoms with E-state index in [1.165, 1.54) is 24.0 Å². The molecule has 0 saturated carbocycles. The number of anilines is 1. The van der Waals surface area contributed by atoms with Gasteiger partial charge < -0.3 is 20.0 Å². The molecular formula is C17H16N6O3S. The fraction of sp³-hybridized carbons (Fsp3) is 0.176. The Morgan fingerprint density at radius 2 is 2.04 bits per heavy atom. The van der Waals surface area contributed by atoms with Gasteiger partial charge in [-0.05, 0) is 35.0 Å². The summed E-state index contributed by atoms with van der Waals surface area (Å²) in [4.78, 5) is 26.2. The van der Waals surface area contributed by atoms with Crippen LogP contribution in [0.5, 0.6) is 0 Å². The van der Waals surface area contributed by atoms with E-state index in [2.05, 4.69) is 20.5 Å². The van der Waals surface area contributed by atoms with Crippen LogP contribution in [0.1, 0.15) is 6.92 Å². The van der Waals surface area contributed by atoms with Crippen molar-refractivity contribution in [2.24, 2.45) is 0 Å². The molecule has 0 unspecified atom stereocenters. The molecular weight excluding hydrogens is 368 g/mol. The summed E-state index contributed by atoms with van der Waals surface area (Å²) in [7, 11) is 0. The molecule has 3 rings (SSSR count). The smallest absolute Gasteiger partial charge is 0.358 e. The van der Waals surface area contributed by atoms with E-state index < -0.39 is 4.92 Å². The molecule has 0 aliphatic carbocycles. The van der Waals surface area contributed by atoms with Gasteiger partial charge in [-0.3, -0.25) is 4.79 Å². The molecule has 3 aromatic rings. The molecule has 9 nitrogen and oxygen atoms in total. The molecule has 1 N–H and O–H groups in total. The highest BCUT2D eigenvalue weighted by Crippen LogP contribution is 2.25. The van der Waals surface area contributed by atoms with Gasteiger partial charge in [-0.25, -0.2) is 0 Å². The highest BCUT2D eigenvalue weighted by Gasteiger charge is 2.17. The van der Waals surface area contributed by atoms with Crippen LogP contribution in [0, 0.1) is 10.1 Å². The quantitative estimate of drug-likeness (QED) is 0.378. The molecule has 0 radical (unpaired) electrons. The maximum absolute atomic E-state index is 12.1. The predicted octanol–water partition coefficient (Wildman–Crippen LogP) is 3.00. The van der Waals surface area contributed by atoms with Gasteiger partial charge in [-0.15, -0.1) is 10.2 Å². The molecule has 0 fully saturated rings. The Balaban J connectivity index is 1.73. The second-order valence-corrected chi connectivity index (χ2v) is 6.36. The van der Waals surface area contributed by atoms with Crippen LogP contribution in [-0.2, 0) is 11.3 Å². The SMILES string of the molecule is CCn1c(SCC(=O)Nc2ccccc2)nnc1-c1ccnc([N+](=O)[O-])c1. The number of nitrogens with zero attached hydrogens (tertiary/aromatic N) is 5. The van der Waals surface area contributed by atoms with Gasteiger partial charge >= 0.3 is 5.82 Å². The lowest BCUT2D eigenvalue weighted by Crippen LogP contribution is -2.14. The summed E-state index contributed by atoms with van der Waals surface area (Å²) in [5, 5.41) is 22.5. The monoisotopic (exact) mass is 384 g/mol. The average molecular weight is 384 g/mol. The van der Waals surface area contributed by atoms with E-state index in [4.69, 9.17) is 0 Å². The highest BCUT2D eigenvalue weighted by molar-refractivity contribution is 7.99.